The van der Waals surface area contributed by atoms with Crippen LogP contribution in [0, 0.1) is 13.8 Å². The summed E-state index contributed by atoms with van der Waals surface area (Å²) in [4.78, 5) is 20.4. The molecule has 0 unspecified atom stereocenters. The minimum Gasteiger partial charge on any atom is -0.307 e. The van der Waals surface area contributed by atoms with E-state index in [1.165, 1.54) is 0 Å². The van der Waals surface area contributed by atoms with Gasteiger partial charge in [-0.25, -0.2) is 4.98 Å². The fraction of sp³-hybridized carbons (Fsp3) is 0.154. The number of nitrogens with zero attached hydrogens (tertiary/aromatic N) is 2. The van der Waals surface area contributed by atoms with Crippen molar-refractivity contribution in [3.05, 3.63) is 51.9 Å². The Morgan fingerprint density at radius 1 is 1.22 bits per heavy atom. The SMILES string of the molecule is Cc1ccc(C(=O)Nc2ccc(Br)cn2)c(C)n1. The van der Waals surface area contributed by atoms with Gasteiger partial charge in [-0.15, -0.1) is 0 Å². The zero-order valence-electron chi connectivity index (χ0n) is 10.1. The van der Waals surface area contributed by atoms with Gasteiger partial charge >= 0.3 is 0 Å². The smallest absolute Gasteiger partial charge is 0.258 e. The molecular formula is C13H12BrN3O. The van der Waals surface area contributed by atoms with Gasteiger partial charge in [0, 0.05) is 16.4 Å². The maximum absolute atomic E-state index is 12.0. The van der Waals surface area contributed by atoms with Crippen molar-refractivity contribution in [1.82, 2.24) is 9.97 Å². The second-order valence-corrected chi connectivity index (χ2v) is 4.82. The number of aromatic nitrogens is 2. The number of pyridine rings is 2. The Labute approximate surface area is 114 Å². The molecule has 0 saturated carbocycles. The molecule has 1 amide bonds. The van der Waals surface area contributed by atoms with Crippen molar-refractivity contribution >= 4 is 27.7 Å². The first-order chi connectivity index (χ1) is 8.56. The van der Waals surface area contributed by atoms with Crippen molar-refractivity contribution in [2.45, 2.75) is 13.8 Å². The summed E-state index contributed by atoms with van der Waals surface area (Å²) in [6.45, 7) is 3.71. The molecule has 18 heavy (non-hydrogen) atoms. The van der Waals surface area contributed by atoms with E-state index in [2.05, 4.69) is 31.2 Å². The quantitative estimate of drug-likeness (QED) is 0.927. The Morgan fingerprint density at radius 3 is 2.61 bits per heavy atom. The Hall–Kier alpha value is -1.75. The lowest BCUT2D eigenvalue weighted by Crippen LogP contribution is -2.15. The van der Waals surface area contributed by atoms with Crippen molar-refractivity contribution in [2.24, 2.45) is 0 Å². The van der Waals surface area contributed by atoms with Crippen molar-refractivity contribution in [3.63, 3.8) is 0 Å². The van der Waals surface area contributed by atoms with E-state index >= 15 is 0 Å². The number of hydrogen-bond donors (Lipinski definition) is 1. The highest BCUT2D eigenvalue weighted by Crippen LogP contribution is 2.13. The maximum atomic E-state index is 12.0. The topological polar surface area (TPSA) is 54.9 Å². The molecule has 0 bridgehead atoms. The van der Waals surface area contributed by atoms with Crippen molar-refractivity contribution in [3.8, 4) is 0 Å². The summed E-state index contributed by atoms with van der Waals surface area (Å²) in [5, 5.41) is 2.73. The molecule has 4 nitrogen and oxygen atoms in total. The summed E-state index contributed by atoms with van der Waals surface area (Å²) < 4.78 is 0.869. The van der Waals surface area contributed by atoms with Gasteiger partial charge in [0.25, 0.3) is 5.91 Å². The van der Waals surface area contributed by atoms with Crippen LogP contribution in [0.5, 0.6) is 0 Å². The first-order valence-corrected chi connectivity index (χ1v) is 6.23. The predicted molar refractivity (Wildman–Crippen MR) is 73.6 cm³/mol. The molecular weight excluding hydrogens is 294 g/mol. The van der Waals surface area contributed by atoms with E-state index in [0.717, 1.165) is 10.2 Å². The van der Waals surface area contributed by atoms with E-state index < -0.39 is 0 Å². The number of amides is 1. The van der Waals surface area contributed by atoms with Crippen molar-refractivity contribution in [2.75, 3.05) is 5.32 Å². The van der Waals surface area contributed by atoms with Crippen LogP contribution in [0.15, 0.2) is 34.9 Å². The number of carbonyl (C=O) groups is 1. The third-order valence-electron chi connectivity index (χ3n) is 2.44. The van der Waals surface area contributed by atoms with E-state index in [1.54, 1.807) is 18.3 Å². The average molecular weight is 306 g/mol. The van der Waals surface area contributed by atoms with E-state index in [9.17, 15) is 4.79 Å². The molecule has 0 aliphatic rings. The van der Waals surface area contributed by atoms with E-state index in [4.69, 9.17) is 0 Å². The average Bonchev–Trinajstić information content (AvgIpc) is 2.32. The van der Waals surface area contributed by atoms with Crippen LogP contribution in [0.1, 0.15) is 21.7 Å². The van der Waals surface area contributed by atoms with Gasteiger partial charge in [-0.05, 0) is 54.0 Å². The molecule has 92 valence electrons. The van der Waals surface area contributed by atoms with Crippen LogP contribution < -0.4 is 5.32 Å². The zero-order valence-corrected chi connectivity index (χ0v) is 11.7. The fourth-order valence-electron chi connectivity index (χ4n) is 1.56. The van der Waals surface area contributed by atoms with Gasteiger partial charge in [0.2, 0.25) is 0 Å². The number of hydrogen-bond acceptors (Lipinski definition) is 3. The summed E-state index contributed by atoms with van der Waals surface area (Å²) in [6.07, 6.45) is 1.63. The lowest BCUT2D eigenvalue weighted by Gasteiger charge is -2.07. The second kappa shape index (κ2) is 5.27. The fourth-order valence-corrected chi connectivity index (χ4v) is 1.79. The minimum absolute atomic E-state index is 0.199. The molecule has 1 N–H and O–H groups in total. The predicted octanol–water partition coefficient (Wildman–Crippen LogP) is 3.11. The highest BCUT2D eigenvalue weighted by molar-refractivity contribution is 9.10. The summed E-state index contributed by atoms with van der Waals surface area (Å²) >= 11 is 3.29. The lowest BCUT2D eigenvalue weighted by molar-refractivity contribution is 0.102. The van der Waals surface area contributed by atoms with Gasteiger partial charge in [0.1, 0.15) is 5.82 Å². The molecule has 2 aromatic rings. The summed E-state index contributed by atoms with van der Waals surface area (Å²) in [7, 11) is 0. The molecule has 2 aromatic heterocycles. The van der Waals surface area contributed by atoms with Crippen LogP contribution in [0.4, 0.5) is 5.82 Å². The Balaban J connectivity index is 2.19. The molecule has 0 saturated heterocycles. The van der Waals surface area contributed by atoms with E-state index in [0.29, 0.717) is 17.1 Å². The number of aryl methyl sites for hydroxylation is 2. The molecule has 0 atom stereocenters. The third kappa shape index (κ3) is 2.92. The molecule has 5 heteroatoms. The Morgan fingerprint density at radius 2 is 2.00 bits per heavy atom. The van der Waals surface area contributed by atoms with Gasteiger partial charge in [0.05, 0.1) is 11.3 Å². The number of halogens is 1. The minimum atomic E-state index is -0.199. The molecule has 0 aliphatic carbocycles. The molecule has 2 heterocycles. The number of nitrogens with one attached hydrogen (secondary N) is 1. The molecule has 2 rings (SSSR count). The van der Waals surface area contributed by atoms with Crippen LogP contribution >= 0.6 is 15.9 Å². The van der Waals surface area contributed by atoms with Crippen LogP contribution in [0.3, 0.4) is 0 Å². The van der Waals surface area contributed by atoms with Crippen molar-refractivity contribution < 1.29 is 4.79 Å². The molecule has 0 aromatic carbocycles. The first-order valence-electron chi connectivity index (χ1n) is 5.43. The van der Waals surface area contributed by atoms with E-state index in [-0.39, 0.29) is 5.91 Å². The Kier molecular flexibility index (Phi) is 3.72. The maximum Gasteiger partial charge on any atom is 0.258 e. The zero-order chi connectivity index (χ0) is 13.1. The monoisotopic (exact) mass is 305 g/mol. The van der Waals surface area contributed by atoms with Crippen molar-refractivity contribution in [1.29, 1.82) is 0 Å². The standard InChI is InChI=1S/C13H12BrN3O/c1-8-3-5-11(9(2)16-8)13(18)17-12-6-4-10(14)7-15-12/h3-7H,1-2H3,(H,15,17,18). The molecule has 0 spiro atoms. The summed E-state index contributed by atoms with van der Waals surface area (Å²) in [5.74, 6) is 0.318. The summed E-state index contributed by atoms with van der Waals surface area (Å²) in [5.41, 5.74) is 2.17. The highest BCUT2D eigenvalue weighted by atomic mass is 79.9. The van der Waals surface area contributed by atoms with Crippen LogP contribution in [0.25, 0.3) is 0 Å². The van der Waals surface area contributed by atoms with Gasteiger partial charge in [0.15, 0.2) is 0 Å². The van der Waals surface area contributed by atoms with E-state index in [1.807, 2.05) is 26.0 Å². The molecule has 0 radical (unpaired) electrons. The van der Waals surface area contributed by atoms with Gasteiger partial charge in [-0.1, -0.05) is 0 Å². The number of anilines is 1. The number of rotatable bonds is 2. The van der Waals surface area contributed by atoms with Gasteiger partial charge < -0.3 is 5.32 Å². The normalized spacial score (nSPS) is 10.2. The highest BCUT2D eigenvalue weighted by Gasteiger charge is 2.10. The molecule has 0 aliphatic heterocycles. The summed E-state index contributed by atoms with van der Waals surface area (Å²) in [6, 6.07) is 7.14. The van der Waals surface area contributed by atoms with Crippen LogP contribution in [0.2, 0.25) is 0 Å². The molecule has 0 fully saturated rings. The van der Waals surface area contributed by atoms with Crippen LogP contribution in [-0.4, -0.2) is 15.9 Å². The van der Waals surface area contributed by atoms with Crippen LogP contribution in [-0.2, 0) is 0 Å². The van der Waals surface area contributed by atoms with Gasteiger partial charge in [-0.2, -0.15) is 0 Å². The number of carbonyl (C=O) groups excluding carboxylic acids is 1. The second-order valence-electron chi connectivity index (χ2n) is 3.90. The largest absolute Gasteiger partial charge is 0.307 e. The van der Waals surface area contributed by atoms with Gasteiger partial charge in [-0.3, -0.25) is 9.78 Å². The third-order valence-corrected chi connectivity index (χ3v) is 2.91. The Bertz CT molecular complexity index is 581. The lowest BCUT2D eigenvalue weighted by atomic mass is 10.2. The first kappa shape index (κ1) is 12.7.